The van der Waals surface area contributed by atoms with Crippen molar-refractivity contribution >= 4 is 40.7 Å². The Labute approximate surface area is 217 Å². The van der Waals surface area contributed by atoms with Crippen molar-refractivity contribution < 1.29 is 0 Å². The normalized spacial score (nSPS) is 18.7. The lowest BCUT2D eigenvalue weighted by atomic mass is 10.1. The van der Waals surface area contributed by atoms with Crippen LogP contribution in [0.4, 0.5) is 17.5 Å². The highest BCUT2D eigenvalue weighted by Crippen LogP contribution is 2.38. The van der Waals surface area contributed by atoms with Gasteiger partial charge in [0.2, 0.25) is 5.95 Å². The Morgan fingerprint density at radius 2 is 2.03 bits per heavy atom. The first-order valence-corrected chi connectivity index (χ1v) is 13.9. The van der Waals surface area contributed by atoms with Gasteiger partial charge >= 0.3 is 0 Å². The highest BCUT2D eigenvalue weighted by Gasteiger charge is 2.37. The predicted molar refractivity (Wildman–Crippen MR) is 150 cm³/mol. The second-order valence-corrected chi connectivity index (χ2v) is 10.3. The first-order chi connectivity index (χ1) is 17.2. The Morgan fingerprint density at radius 1 is 1.20 bits per heavy atom. The van der Waals surface area contributed by atoms with Crippen molar-refractivity contribution in [2.45, 2.75) is 64.1 Å². The molecule has 1 aliphatic heterocycles. The number of aromatic nitrogens is 2. The summed E-state index contributed by atoms with van der Waals surface area (Å²) in [6, 6.07) is 15.7. The van der Waals surface area contributed by atoms with E-state index in [1.807, 2.05) is 51.2 Å². The van der Waals surface area contributed by atoms with Crippen LogP contribution in [0.2, 0.25) is 0 Å². The van der Waals surface area contributed by atoms with Crippen LogP contribution in [0, 0.1) is 0 Å². The van der Waals surface area contributed by atoms with E-state index in [4.69, 9.17) is 0 Å². The number of hydrogen-bond acceptors (Lipinski definition) is 8. The molecule has 2 unspecified atom stereocenters. The van der Waals surface area contributed by atoms with Gasteiger partial charge in [-0.15, -0.1) is 11.3 Å². The molecule has 184 valence electrons. The van der Waals surface area contributed by atoms with E-state index < -0.39 is 0 Å². The summed E-state index contributed by atoms with van der Waals surface area (Å²) in [7, 11) is 0. The van der Waals surface area contributed by atoms with E-state index in [0.29, 0.717) is 18.0 Å². The van der Waals surface area contributed by atoms with Crippen molar-refractivity contribution in [2.24, 2.45) is 0 Å². The van der Waals surface area contributed by atoms with E-state index >= 15 is 0 Å². The predicted octanol–water partition coefficient (Wildman–Crippen LogP) is 7.17. The van der Waals surface area contributed by atoms with Gasteiger partial charge in [-0.1, -0.05) is 26.0 Å². The van der Waals surface area contributed by atoms with Crippen LogP contribution in [0.3, 0.4) is 0 Å². The van der Waals surface area contributed by atoms with Crippen LogP contribution in [0.5, 0.6) is 0 Å². The van der Waals surface area contributed by atoms with Gasteiger partial charge in [-0.05, 0) is 86.0 Å². The zero-order valence-electron chi connectivity index (χ0n) is 20.8. The number of nitrogens with zero attached hydrogens (tertiary/aromatic N) is 3. The van der Waals surface area contributed by atoms with Crippen molar-refractivity contribution in [3.8, 4) is 0 Å². The monoisotopic (exact) mass is 506 g/mol. The zero-order valence-corrected chi connectivity index (χ0v) is 22.4. The molecule has 3 aromatic rings. The average Bonchev–Trinajstić information content (AvgIpc) is 3.63. The average molecular weight is 507 g/mol. The molecule has 0 saturated heterocycles. The quantitative estimate of drug-likeness (QED) is 0.266. The van der Waals surface area contributed by atoms with Crippen LogP contribution in [-0.4, -0.2) is 27.0 Å². The molecule has 1 aliphatic carbocycles. The smallest absolute Gasteiger partial charge is 0.229 e. The van der Waals surface area contributed by atoms with Crippen LogP contribution in [0.25, 0.3) is 0 Å². The van der Waals surface area contributed by atoms with Crippen molar-refractivity contribution in [1.82, 2.24) is 19.6 Å². The van der Waals surface area contributed by atoms with Crippen LogP contribution in [0.1, 0.15) is 45.4 Å². The summed E-state index contributed by atoms with van der Waals surface area (Å²) < 4.78 is 3.67. The molecule has 2 atom stereocenters. The molecule has 0 spiro atoms. The van der Waals surface area contributed by atoms with Gasteiger partial charge in [-0.25, -0.2) is 4.98 Å². The number of nitrogens with one attached hydrogen (secondary N) is 3. The van der Waals surface area contributed by atoms with Crippen molar-refractivity contribution in [2.75, 3.05) is 10.6 Å². The molecule has 1 fully saturated rings. The molecule has 2 aromatic heterocycles. The van der Waals surface area contributed by atoms with Crippen LogP contribution in [0.15, 0.2) is 82.5 Å². The van der Waals surface area contributed by atoms with E-state index in [2.05, 4.69) is 78.2 Å². The summed E-state index contributed by atoms with van der Waals surface area (Å²) in [6.45, 7) is 9.04. The lowest BCUT2D eigenvalue weighted by Crippen LogP contribution is -2.32. The maximum atomic E-state index is 4.52. The molecule has 1 saturated carbocycles. The van der Waals surface area contributed by atoms with E-state index in [9.17, 15) is 0 Å². The topological polar surface area (TPSA) is 65.1 Å². The SMILES string of the molecule is C/C=C(\C)Nc1ccnc(Nc2ccc(SNC3CC4CC3=CN4Cc3cccs3)cc2)n1.CC. The Bertz CT molecular complexity index is 1140. The molecular weight excluding hydrogens is 472 g/mol. The van der Waals surface area contributed by atoms with Gasteiger partial charge in [-0.3, -0.25) is 4.72 Å². The fourth-order valence-electron chi connectivity index (χ4n) is 4.15. The molecule has 3 heterocycles. The van der Waals surface area contributed by atoms with E-state index in [-0.39, 0.29) is 0 Å². The fraction of sp³-hybridized carbons (Fsp3) is 0.333. The summed E-state index contributed by atoms with van der Waals surface area (Å²) in [6.07, 6.45) is 8.50. The van der Waals surface area contributed by atoms with Crippen LogP contribution in [-0.2, 0) is 6.54 Å². The van der Waals surface area contributed by atoms with Gasteiger partial charge in [0.25, 0.3) is 0 Å². The molecule has 8 heteroatoms. The van der Waals surface area contributed by atoms with Crippen molar-refractivity contribution in [1.29, 1.82) is 0 Å². The molecule has 2 aliphatic rings. The third kappa shape index (κ3) is 6.66. The number of hydrogen-bond donors (Lipinski definition) is 3. The number of anilines is 3. The van der Waals surface area contributed by atoms with Crippen LogP contribution >= 0.6 is 23.3 Å². The first kappa shape index (κ1) is 25.3. The number of thiophene rings is 1. The minimum Gasteiger partial charge on any atom is -0.369 e. The fourth-order valence-corrected chi connectivity index (χ4v) is 5.66. The molecule has 2 bridgehead atoms. The molecule has 3 N–H and O–H groups in total. The number of fused-ring (bicyclic) bond motifs is 2. The number of benzene rings is 1. The Kier molecular flexibility index (Phi) is 8.84. The minimum absolute atomic E-state index is 0.460. The minimum atomic E-state index is 0.460. The van der Waals surface area contributed by atoms with Gasteiger partial charge in [0, 0.05) is 45.6 Å². The van der Waals surface area contributed by atoms with Gasteiger partial charge in [0.05, 0.1) is 6.54 Å². The molecule has 0 radical (unpaired) electrons. The Morgan fingerprint density at radius 3 is 2.71 bits per heavy atom. The second kappa shape index (κ2) is 12.2. The summed E-state index contributed by atoms with van der Waals surface area (Å²) >= 11 is 3.55. The van der Waals surface area contributed by atoms with Gasteiger partial charge in [0.15, 0.2) is 0 Å². The van der Waals surface area contributed by atoms with Gasteiger partial charge in [0.1, 0.15) is 5.82 Å². The Balaban J connectivity index is 0.00000141. The molecular formula is C27H34N6S2. The summed E-state index contributed by atoms with van der Waals surface area (Å²) in [5.41, 5.74) is 3.54. The van der Waals surface area contributed by atoms with E-state index in [0.717, 1.165) is 23.7 Å². The Hall–Kier alpha value is -2.81. The van der Waals surface area contributed by atoms with E-state index in [1.165, 1.54) is 28.2 Å². The molecule has 1 aromatic carbocycles. The summed E-state index contributed by atoms with van der Waals surface area (Å²) in [5, 5.41) is 8.68. The van der Waals surface area contributed by atoms with Crippen LogP contribution < -0.4 is 15.4 Å². The van der Waals surface area contributed by atoms with Gasteiger partial charge in [-0.2, -0.15) is 4.98 Å². The summed E-state index contributed by atoms with van der Waals surface area (Å²) in [5.74, 6) is 1.34. The standard InChI is InChI=1S/C25H28N6S2.C2H6/c1-3-17(2)27-24-10-11-26-25(29-24)28-19-6-8-21(9-7-19)33-30-23-14-20-13-18(23)15-31(20)16-22-5-4-12-32-22;1-2/h3-12,15,20,23,30H,13-14,16H2,1-2H3,(H2,26,27,28,29);1-2H3/b17-3+;. The van der Waals surface area contributed by atoms with Gasteiger partial charge < -0.3 is 15.5 Å². The zero-order chi connectivity index (χ0) is 24.6. The summed E-state index contributed by atoms with van der Waals surface area (Å²) in [4.78, 5) is 14.0. The number of allylic oxidation sites excluding steroid dienone is 2. The molecule has 35 heavy (non-hydrogen) atoms. The maximum Gasteiger partial charge on any atom is 0.229 e. The number of rotatable bonds is 9. The first-order valence-electron chi connectivity index (χ1n) is 12.2. The highest BCUT2D eigenvalue weighted by molar-refractivity contribution is 7.97. The molecule has 0 amide bonds. The lowest BCUT2D eigenvalue weighted by Gasteiger charge is -2.28. The second-order valence-electron chi connectivity index (χ2n) is 8.33. The molecule has 5 rings (SSSR count). The van der Waals surface area contributed by atoms with Crippen molar-refractivity contribution in [3.05, 3.63) is 82.5 Å². The lowest BCUT2D eigenvalue weighted by molar-refractivity contribution is 0.279. The molecule has 6 nitrogen and oxygen atoms in total. The largest absolute Gasteiger partial charge is 0.369 e. The highest BCUT2D eigenvalue weighted by atomic mass is 32.2. The maximum absolute atomic E-state index is 4.52. The van der Waals surface area contributed by atoms with Crippen molar-refractivity contribution in [3.63, 3.8) is 0 Å². The third-order valence-electron chi connectivity index (χ3n) is 5.99. The third-order valence-corrected chi connectivity index (χ3v) is 7.76. The van der Waals surface area contributed by atoms with E-state index in [1.54, 1.807) is 18.1 Å².